The highest BCUT2D eigenvalue weighted by atomic mass is 16.5. The summed E-state index contributed by atoms with van der Waals surface area (Å²) in [4.78, 5) is 11.5. The maximum atomic E-state index is 5.73. The summed E-state index contributed by atoms with van der Waals surface area (Å²) in [6.45, 7) is 4.43. The molecule has 4 rings (SSSR count). The van der Waals surface area contributed by atoms with Crippen molar-refractivity contribution in [2.24, 2.45) is 0 Å². The van der Waals surface area contributed by atoms with Crippen LogP contribution >= 0.6 is 0 Å². The van der Waals surface area contributed by atoms with Crippen LogP contribution in [0.5, 0.6) is 5.75 Å². The summed E-state index contributed by atoms with van der Waals surface area (Å²) in [5.74, 6) is 1.73. The van der Waals surface area contributed by atoms with E-state index in [-0.39, 0.29) is 0 Å². The summed E-state index contributed by atoms with van der Waals surface area (Å²) in [6.07, 6.45) is 1.90. The Hall–Kier alpha value is -2.14. The molecule has 0 bridgehead atoms. The highest BCUT2D eigenvalue weighted by Crippen LogP contribution is 2.36. The molecule has 102 valence electrons. The molecule has 0 amide bonds. The number of para-hydroxylation sites is 1. The first kappa shape index (κ1) is 11.7. The number of piperazine rings is 1. The number of hydrogen-bond donors (Lipinski definition) is 1. The van der Waals surface area contributed by atoms with Gasteiger partial charge >= 0.3 is 0 Å². The zero-order chi connectivity index (χ0) is 13.4. The second-order valence-corrected chi connectivity index (χ2v) is 5.07. The second-order valence-electron chi connectivity index (χ2n) is 5.07. The van der Waals surface area contributed by atoms with E-state index in [1.54, 1.807) is 0 Å². The fourth-order valence-electron chi connectivity index (χ4n) is 2.70. The molecule has 5 nitrogen and oxygen atoms in total. The molecule has 1 N–H and O–H groups in total. The summed E-state index contributed by atoms with van der Waals surface area (Å²) in [6, 6.07) is 8.05. The van der Waals surface area contributed by atoms with Gasteiger partial charge in [-0.3, -0.25) is 0 Å². The lowest BCUT2D eigenvalue weighted by molar-refractivity contribution is 0.301. The third kappa shape index (κ3) is 1.91. The molecule has 0 radical (unpaired) electrons. The Kier molecular flexibility index (Phi) is 2.77. The van der Waals surface area contributed by atoms with Crippen molar-refractivity contribution in [3.05, 3.63) is 36.0 Å². The minimum atomic E-state index is 0.550. The lowest BCUT2D eigenvalue weighted by Crippen LogP contribution is -2.44. The third-order valence-electron chi connectivity index (χ3n) is 3.78. The molecule has 2 aliphatic rings. The number of ether oxygens (including phenoxy) is 1. The van der Waals surface area contributed by atoms with Gasteiger partial charge in [-0.25, -0.2) is 9.97 Å². The number of nitrogens with zero attached hydrogens (tertiary/aromatic N) is 3. The Morgan fingerprint density at radius 1 is 1.15 bits per heavy atom. The van der Waals surface area contributed by atoms with Crippen molar-refractivity contribution in [2.75, 3.05) is 31.1 Å². The standard InChI is InChI=1S/C15H16N4O/c1-2-4-13-12(3-1)14-11(10-20-13)9-17-15(18-14)19-7-5-16-6-8-19/h1-4,9,16H,5-8,10H2. The molecule has 5 heteroatoms. The number of benzene rings is 1. The molecule has 2 aromatic rings. The van der Waals surface area contributed by atoms with Crippen molar-refractivity contribution in [1.29, 1.82) is 0 Å². The van der Waals surface area contributed by atoms with Crippen LogP contribution in [0, 0.1) is 0 Å². The van der Waals surface area contributed by atoms with Gasteiger partial charge in [-0.05, 0) is 12.1 Å². The normalized spacial score (nSPS) is 17.1. The van der Waals surface area contributed by atoms with E-state index in [1.165, 1.54) is 0 Å². The van der Waals surface area contributed by atoms with E-state index in [0.717, 1.165) is 54.7 Å². The van der Waals surface area contributed by atoms with Crippen LogP contribution in [-0.4, -0.2) is 36.1 Å². The Morgan fingerprint density at radius 2 is 2.00 bits per heavy atom. The molecule has 0 saturated carbocycles. The quantitative estimate of drug-likeness (QED) is 0.848. The van der Waals surface area contributed by atoms with Crippen LogP contribution in [0.25, 0.3) is 11.3 Å². The van der Waals surface area contributed by atoms with Crippen LogP contribution in [-0.2, 0) is 6.61 Å². The Morgan fingerprint density at radius 3 is 2.90 bits per heavy atom. The van der Waals surface area contributed by atoms with Crippen molar-refractivity contribution >= 4 is 5.95 Å². The van der Waals surface area contributed by atoms with Crippen molar-refractivity contribution in [2.45, 2.75) is 6.61 Å². The first-order valence-corrected chi connectivity index (χ1v) is 6.95. The predicted octanol–water partition coefficient (Wildman–Crippen LogP) is 1.45. The molecule has 1 aromatic heterocycles. The second kappa shape index (κ2) is 4.76. The third-order valence-corrected chi connectivity index (χ3v) is 3.78. The monoisotopic (exact) mass is 268 g/mol. The first-order valence-electron chi connectivity index (χ1n) is 6.95. The summed E-state index contributed by atoms with van der Waals surface area (Å²) >= 11 is 0. The zero-order valence-electron chi connectivity index (χ0n) is 11.2. The zero-order valence-corrected chi connectivity index (χ0v) is 11.2. The number of fused-ring (bicyclic) bond motifs is 3. The van der Waals surface area contributed by atoms with Gasteiger partial charge in [-0.1, -0.05) is 12.1 Å². The van der Waals surface area contributed by atoms with Gasteiger partial charge in [0.05, 0.1) is 5.69 Å². The predicted molar refractivity (Wildman–Crippen MR) is 76.9 cm³/mol. The van der Waals surface area contributed by atoms with Crippen LogP contribution in [0.1, 0.15) is 5.56 Å². The number of rotatable bonds is 1. The van der Waals surface area contributed by atoms with Crippen molar-refractivity contribution in [3.8, 4) is 17.0 Å². The average Bonchev–Trinajstić information content (AvgIpc) is 2.55. The van der Waals surface area contributed by atoms with E-state index >= 15 is 0 Å². The topological polar surface area (TPSA) is 50.3 Å². The number of hydrogen-bond acceptors (Lipinski definition) is 5. The molecule has 1 fully saturated rings. The summed E-state index contributed by atoms with van der Waals surface area (Å²) in [7, 11) is 0. The average molecular weight is 268 g/mol. The summed E-state index contributed by atoms with van der Waals surface area (Å²) < 4.78 is 5.73. The lowest BCUT2D eigenvalue weighted by Gasteiger charge is -2.28. The minimum absolute atomic E-state index is 0.550. The van der Waals surface area contributed by atoms with Crippen LogP contribution in [0.4, 0.5) is 5.95 Å². The molecule has 0 spiro atoms. The molecule has 1 aromatic carbocycles. The molecule has 0 atom stereocenters. The van der Waals surface area contributed by atoms with Crippen molar-refractivity contribution < 1.29 is 4.74 Å². The van der Waals surface area contributed by atoms with Crippen LogP contribution < -0.4 is 15.0 Å². The molecular formula is C15H16N4O. The molecular weight excluding hydrogens is 252 g/mol. The Bertz CT molecular complexity index is 638. The SMILES string of the molecule is c1ccc2c(c1)OCc1cnc(N3CCNCC3)nc1-2. The van der Waals surface area contributed by atoms with Crippen LogP contribution in [0.15, 0.2) is 30.5 Å². The van der Waals surface area contributed by atoms with E-state index in [2.05, 4.69) is 21.3 Å². The fraction of sp³-hybridized carbons (Fsp3) is 0.333. The van der Waals surface area contributed by atoms with E-state index in [0.29, 0.717) is 6.61 Å². The van der Waals surface area contributed by atoms with Gasteiger partial charge in [0.1, 0.15) is 12.4 Å². The lowest BCUT2D eigenvalue weighted by atomic mass is 10.0. The number of nitrogens with one attached hydrogen (secondary N) is 1. The van der Waals surface area contributed by atoms with Gasteiger partial charge in [0, 0.05) is 43.5 Å². The number of aromatic nitrogens is 2. The fourth-order valence-corrected chi connectivity index (χ4v) is 2.70. The van der Waals surface area contributed by atoms with E-state index < -0.39 is 0 Å². The van der Waals surface area contributed by atoms with E-state index in [9.17, 15) is 0 Å². The Labute approximate surface area is 117 Å². The summed E-state index contributed by atoms with van der Waals surface area (Å²) in [5.41, 5.74) is 3.13. The highest BCUT2D eigenvalue weighted by Gasteiger charge is 2.21. The number of anilines is 1. The van der Waals surface area contributed by atoms with Crippen molar-refractivity contribution in [1.82, 2.24) is 15.3 Å². The van der Waals surface area contributed by atoms with Gasteiger partial charge in [-0.15, -0.1) is 0 Å². The molecule has 1 saturated heterocycles. The van der Waals surface area contributed by atoms with Gasteiger partial charge in [-0.2, -0.15) is 0 Å². The van der Waals surface area contributed by atoms with E-state index in [1.807, 2.05) is 24.4 Å². The summed E-state index contributed by atoms with van der Waals surface area (Å²) in [5, 5.41) is 3.35. The van der Waals surface area contributed by atoms with E-state index in [4.69, 9.17) is 9.72 Å². The minimum Gasteiger partial charge on any atom is -0.488 e. The van der Waals surface area contributed by atoms with Gasteiger partial charge in [0.25, 0.3) is 0 Å². The van der Waals surface area contributed by atoms with Crippen molar-refractivity contribution in [3.63, 3.8) is 0 Å². The smallest absolute Gasteiger partial charge is 0.225 e. The van der Waals surface area contributed by atoms with Gasteiger partial charge < -0.3 is 15.0 Å². The highest BCUT2D eigenvalue weighted by molar-refractivity contribution is 5.72. The van der Waals surface area contributed by atoms with Gasteiger partial charge in [0.15, 0.2) is 0 Å². The molecule has 2 aliphatic heterocycles. The maximum absolute atomic E-state index is 5.73. The maximum Gasteiger partial charge on any atom is 0.225 e. The first-order chi connectivity index (χ1) is 9.92. The molecule has 3 heterocycles. The van der Waals surface area contributed by atoms with Gasteiger partial charge in [0.2, 0.25) is 5.95 Å². The molecule has 0 aliphatic carbocycles. The largest absolute Gasteiger partial charge is 0.488 e. The van der Waals surface area contributed by atoms with Crippen LogP contribution in [0.2, 0.25) is 0 Å². The molecule has 20 heavy (non-hydrogen) atoms. The molecule has 0 unspecified atom stereocenters. The van der Waals surface area contributed by atoms with Crippen LogP contribution in [0.3, 0.4) is 0 Å². The Balaban J connectivity index is 1.77.